The highest BCUT2D eigenvalue weighted by Gasteiger charge is 2.25. The summed E-state index contributed by atoms with van der Waals surface area (Å²) in [6.07, 6.45) is 7.47. The van der Waals surface area contributed by atoms with Crippen LogP contribution < -0.4 is 0 Å². The number of unbranched alkanes of at least 4 members (excludes halogenated alkanes) is 1. The van der Waals surface area contributed by atoms with E-state index in [2.05, 4.69) is 46.2 Å². The average molecular weight is 322 g/mol. The normalized spacial score (nSPS) is 19.6. The molecule has 0 heterocycles. The zero-order chi connectivity index (χ0) is 13.7. The molecule has 1 aliphatic carbocycles. The molecule has 0 saturated carbocycles. The van der Waals surface area contributed by atoms with Crippen LogP contribution in [0.15, 0.2) is 39.5 Å². The first-order valence-corrected chi connectivity index (χ1v) is 7.71. The first-order chi connectivity index (χ1) is 9.26. The monoisotopic (exact) mass is 321 g/mol. The SMILES string of the molecule is CCCCC1=C(c2cccc(Br)c2)C(C=NO)CC1. The summed E-state index contributed by atoms with van der Waals surface area (Å²) in [5.41, 5.74) is 4.15. The molecule has 2 rings (SSSR count). The van der Waals surface area contributed by atoms with Crippen molar-refractivity contribution in [2.45, 2.75) is 39.0 Å². The molecule has 1 atom stereocenters. The van der Waals surface area contributed by atoms with Crippen LogP contribution in [-0.2, 0) is 0 Å². The molecular weight excluding hydrogens is 302 g/mol. The summed E-state index contributed by atoms with van der Waals surface area (Å²) in [4.78, 5) is 0. The third-order valence-corrected chi connectivity index (χ3v) is 4.22. The largest absolute Gasteiger partial charge is 0.411 e. The number of hydrogen-bond donors (Lipinski definition) is 1. The highest BCUT2D eigenvalue weighted by Crippen LogP contribution is 2.40. The Labute approximate surface area is 123 Å². The van der Waals surface area contributed by atoms with Gasteiger partial charge in [0.05, 0.1) is 6.21 Å². The molecule has 0 saturated heterocycles. The fraction of sp³-hybridized carbons (Fsp3) is 0.438. The van der Waals surface area contributed by atoms with Crippen LogP contribution in [0.25, 0.3) is 5.57 Å². The van der Waals surface area contributed by atoms with Crippen molar-refractivity contribution in [1.29, 1.82) is 0 Å². The summed E-state index contributed by atoms with van der Waals surface area (Å²) in [5, 5.41) is 12.1. The number of benzene rings is 1. The van der Waals surface area contributed by atoms with Gasteiger partial charge in [-0.25, -0.2) is 0 Å². The second-order valence-electron chi connectivity index (χ2n) is 5.04. The van der Waals surface area contributed by atoms with Crippen LogP contribution >= 0.6 is 15.9 Å². The highest BCUT2D eigenvalue weighted by atomic mass is 79.9. The van der Waals surface area contributed by atoms with Crippen LogP contribution in [0.1, 0.15) is 44.6 Å². The van der Waals surface area contributed by atoms with Gasteiger partial charge >= 0.3 is 0 Å². The number of allylic oxidation sites excluding steroid dienone is 2. The summed E-state index contributed by atoms with van der Waals surface area (Å²) in [6, 6.07) is 8.41. The Morgan fingerprint density at radius 3 is 3.00 bits per heavy atom. The quantitative estimate of drug-likeness (QED) is 0.447. The fourth-order valence-corrected chi connectivity index (χ4v) is 3.22. The summed E-state index contributed by atoms with van der Waals surface area (Å²) >= 11 is 3.54. The van der Waals surface area contributed by atoms with E-state index in [1.54, 1.807) is 6.21 Å². The maximum absolute atomic E-state index is 8.85. The lowest BCUT2D eigenvalue weighted by Gasteiger charge is -2.12. The predicted octanol–water partition coefficient (Wildman–Crippen LogP) is 5.26. The lowest BCUT2D eigenvalue weighted by molar-refractivity contribution is 0.319. The number of hydrogen-bond acceptors (Lipinski definition) is 2. The van der Waals surface area contributed by atoms with Gasteiger partial charge in [0.25, 0.3) is 0 Å². The number of halogens is 1. The molecule has 19 heavy (non-hydrogen) atoms. The van der Waals surface area contributed by atoms with Crippen molar-refractivity contribution in [3.05, 3.63) is 39.9 Å². The van der Waals surface area contributed by atoms with Gasteiger partial charge in [0.2, 0.25) is 0 Å². The molecule has 2 nitrogen and oxygen atoms in total. The molecule has 0 fully saturated rings. The Morgan fingerprint density at radius 1 is 1.47 bits per heavy atom. The van der Waals surface area contributed by atoms with E-state index in [1.165, 1.54) is 29.6 Å². The van der Waals surface area contributed by atoms with Gasteiger partial charge in [-0.3, -0.25) is 0 Å². The van der Waals surface area contributed by atoms with Gasteiger partial charge in [0.1, 0.15) is 0 Å². The van der Waals surface area contributed by atoms with Crippen LogP contribution in [-0.4, -0.2) is 11.4 Å². The van der Waals surface area contributed by atoms with E-state index in [0.717, 1.165) is 23.7 Å². The van der Waals surface area contributed by atoms with Crippen molar-refractivity contribution in [1.82, 2.24) is 0 Å². The lowest BCUT2D eigenvalue weighted by Crippen LogP contribution is -2.01. The summed E-state index contributed by atoms with van der Waals surface area (Å²) in [6.45, 7) is 2.22. The van der Waals surface area contributed by atoms with Gasteiger partial charge in [0, 0.05) is 10.4 Å². The van der Waals surface area contributed by atoms with Gasteiger partial charge in [-0.2, -0.15) is 0 Å². The molecule has 1 N–H and O–H groups in total. The standard InChI is InChI=1S/C16H20BrNO/c1-2-3-5-12-8-9-14(11-18-19)16(12)13-6-4-7-15(17)10-13/h4,6-7,10-11,14,19H,2-3,5,8-9H2,1H3. The molecule has 0 aromatic heterocycles. The number of nitrogens with zero attached hydrogens (tertiary/aromatic N) is 1. The van der Waals surface area contributed by atoms with E-state index in [0.29, 0.717) is 0 Å². The van der Waals surface area contributed by atoms with Crippen molar-refractivity contribution in [3.8, 4) is 0 Å². The van der Waals surface area contributed by atoms with Crippen LogP contribution in [0.5, 0.6) is 0 Å². The molecule has 1 aromatic carbocycles. The molecular formula is C16H20BrNO. The maximum atomic E-state index is 8.85. The van der Waals surface area contributed by atoms with Crippen LogP contribution in [0.2, 0.25) is 0 Å². The van der Waals surface area contributed by atoms with E-state index >= 15 is 0 Å². The minimum Gasteiger partial charge on any atom is -0.411 e. The van der Waals surface area contributed by atoms with Crippen molar-refractivity contribution < 1.29 is 5.21 Å². The van der Waals surface area contributed by atoms with Crippen molar-refractivity contribution in [2.24, 2.45) is 11.1 Å². The zero-order valence-corrected chi connectivity index (χ0v) is 12.9. The molecule has 1 unspecified atom stereocenters. The molecule has 102 valence electrons. The van der Waals surface area contributed by atoms with Crippen LogP contribution in [0.4, 0.5) is 0 Å². The molecule has 0 radical (unpaired) electrons. The fourth-order valence-electron chi connectivity index (χ4n) is 2.82. The smallest absolute Gasteiger partial charge is 0.0511 e. The van der Waals surface area contributed by atoms with Crippen molar-refractivity contribution in [3.63, 3.8) is 0 Å². The van der Waals surface area contributed by atoms with Gasteiger partial charge in [-0.1, -0.05) is 47.0 Å². The summed E-state index contributed by atoms with van der Waals surface area (Å²) < 4.78 is 1.10. The minimum atomic E-state index is 0.256. The second-order valence-corrected chi connectivity index (χ2v) is 5.96. The maximum Gasteiger partial charge on any atom is 0.0511 e. The average Bonchev–Trinajstić information content (AvgIpc) is 2.80. The van der Waals surface area contributed by atoms with Gasteiger partial charge in [0.15, 0.2) is 0 Å². The second kappa shape index (κ2) is 6.90. The van der Waals surface area contributed by atoms with Crippen LogP contribution in [0, 0.1) is 5.92 Å². The van der Waals surface area contributed by atoms with E-state index in [4.69, 9.17) is 5.21 Å². The predicted molar refractivity (Wildman–Crippen MR) is 83.6 cm³/mol. The van der Waals surface area contributed by atoms with E-state index in [-0.39, 0.29) is 5.92 Å². The third kappa shape index (κ3) is 3.47. The van der Waals surface area contributed by atoms with E-state index in [9.17, 15) is 0 Å². The van der Waals surface area contributed by atoms with Crippen molar-refractivity contribution in [2.75, 3.05) is 0 Å². The summed E-state index contributed by atoms with van der Waals surface area (Å²) in [5.74, 6) is 0.256. The topological polar surface area (TPSA) is 32.6 Å². The third-order valence-electron chi connectivity index (χ3n) is 3.72. The molecule has 3 heteroatoms. The first-order valence-electron chi connectivity index (χ1n) is 6.91. The molecule has 1 aliphatic rings. The Bertz CT molecular complexity index is 493. The Balaban J connectivity index is 2.37. The molecule has 0 aliphatic heterocycles. The Hall–Kier alpha value is -1.09. The first kappa shape index (κ1) is 14.3. The number of rotatable bonds is 5. The lowest BCUT2D eigenvalue weighted by atomic mass is 9.93. The zero-order valence-electron chi connectivity index (χ0n) is 11.3. The Kier molecular flexibility index (Phi) is 5.20. The summed E-state index contributed by atoms with van der Waals surface area (Å²) in [7, 11) is 0. The molecule has 1 aromatic rings. The van der Waals surface area contributed by atoms with E-state index < -0.39 is 0 Å². The molecule has 0 spiro atoms. The number of oxime groups is 1. The van der Waals surface area contributed by atoms with Gasteiger partial charge < -0.3 is 5.21 Å². The molecule has 0 amide bonds. The highest BCUT2D eigenvalue weighted by molar-refractivity contribution is 9.10. The van der Waals surface area contributed by atoms with Crippen molar-refractivity contribution >= 4 is 27.7 Å². The van der Waals surface area contributed by atoms with Gasteiger partial charge in [-0.15, -0.1) is 5.16 Å². The Morgan fingerprint density at radius 2 is 2.32 bits per heavy atom. The van der Waals surface area contributed by atoms with Gasteiger partial charge in [-0.05, 0) is 49.0 Å². The minimum absolute atomic E-state index is 0.256. The molecule has 0 bridgehead atoms. The van der Waals surface area contributed by atoms with Crippen LogP contribution in [0.3, 0.4) is 0 Å². The van der Waals surface area contributed by atoms with E-state index in [1.807, 2.05) is 6.07 Å².